The number of amidine groups is 2. The Morgan fingerprint density at radius 2 is 1.59 bits per heavy atom. The maximum absolute atomic E-state index is 7.42. The van der Waals surface area contributed by atoms with Gasteiger partial charge in [-0.2, -0.15) is 0 Å². The highest BCUT2D eigenvalue weighted by atomic mass is 16.5. The normalized spacial score (nSPS) is 19.3. The Hall–Kier alpha value is -3.09. The van der Waals surface area contributed by atoms with Crippen LogP contribution in [-0.2, 0) is 0 Å². The average molecular weight is 367 g/mol. The molecule has 1 aliphatic carbocycles. The number of benzene rings is 1. The summed E-state index contributed by atoms with van der Waals surface area (Å²) in [6.07, 6.45) is 5.90. The van der Waals surface area contributed by atoms with Crippen LogP contribution in [0.4, 0.5) is 0 Å². The minimum absolute atomic E-state index is 0.0456. The second-order valence-electron chi connectivity index (χ2n) is 6.80. The molecule has 6 N–H and O–H groups in total. The Morgan fingerprint density at radius 3 is 2.15 bits per heavy atom. The van der Waals surface area contributed by atoms with Crippen LogP contribution in [0.1, 0.15) is 36.9 Å². The third-order valence-electron chi connectivity index (χ3n) is 4.76. The summed E-state index contributed by atoms with van der Waals surface area (Å²) < 4.78 is 11.9. The summed E-state index contributed by atoms with van der Waals surface area (Å²) in [5.41, 5.74) is 12.0. The molecule has 0 spiro atoms. The minimum Gasteiger partial charge on any atom is -0.492 e. The summed E-state index contributed by atoms with van der Waals surface area (Å²) in [6.45, 7) is 0.654. The molecule has 1 fully saturated rings. The van der Waals surface area contributed by atoms with Crippen molar-refractivity contribution in [2.24, 2.45) is 17.4 Å². The molecule has 7 nitrogen and oxygen atoms in total. The highest BCUT2D eigenvalue weighted by Gasteiger charge is 2.23. The predicted molar refractivity (Wildman–Crippen MR) is 105 cm³/mol. The molecule has 0 bridgehead atoms. The molecule has 1 aromatic heterocycles. The number of hydrogen-bond donors (Lipinski definition) is 4. The number of aromatic nitrogens is 1. The fraction of sp³-hybridized carbons (Fsp3) is 0.350. The van der Waals surface area contributed by atoms with Gasteiger partial charge < -0.3 is 20.9 Å². The topological polar surface area (TPSA) is 131 Å². The first-order valence-corrected chi connectivity index (χ1v) is 9.05. The van der Waals surface area contributed by atoms with Gasteiger partial charge in [0.05, 0.1) is 18.9 Å². The Bertz CT molecular complexity index is 781. The van der Waals surface area contributed by atoms with Crippen LogP contribution in [0.25, 0.3) is 0 Å². The molecule has 0 unspecified atom stereocenters. The fourth-order valence-electron chi connectivity index (χ4n) is 3.16. The molecule has 142 valence electrons. The van der Waals surface area contributed by atoms with Gasteiger partial charge in [0.2, 0.25) is 0 Å². The number of nitrogens with two attached hydrogens (primary N) is 2. The summed E-state index contributed by atoms with van der Waals surface area (Å²) >= 11 is 0. The van der Waals surface area contributed by atoms with Crippen LogP contribution in [0.5, 0.6) is 11.5 Å². The van der Waals surface area contributed by atoms with E-state index in [1.54, 1.807) is 18.3 Å². The van der Waals surface area contributed by atoms with Crippen LogP contribution in [0.15, 0.2) is 42.6 Å². The first-order valence-electron chi connectivity index (χ1n) is 9.05. The Morgan fingerprint density at radius 1 is 0.926 bits per heavy atom. The maximum atomic E-state index is 7.42. The Kier molecular flexibility index (Phi) is 5.90. The third kappa shape index (κ3) is 5.20. The molecule has 0 atom stereocenters. The number of rotatable bonds is 7. The van der Waals surface area contributed by atoms with Crippen molar-refractivity contribution in [3.05, 3.63) is 53.9 Å². The van der Waals surface area contributed by atoms with Gasteiger partial charge in [-0.05, 0) is 68.0 Å². The molecule has 1 saturated carbocycles. The van der Waals surface area contributed by atoms with E-state index in [0.717, 1.165) is 31.4 Å². The van der Waals surface area contributed by atoms with Crippen molar-refractivity contribution in [2.45, 2.75) is 31.8 Å². The van der Waals surface area contributed by atoms with Gasteiger partial charge in [0.25, 0.3) is 0 Å². The van der Waals surface area contributed by atoms with Crippen molar-refractivity contribution in [1.82, 2.24) is 4.98 Å². The molecular formula is C20H25N5O2. The van der Waals surface area contributed by atoms with Crippen molar-refractivity contribution in [1.29, 1.82) is 10.8 Å². The second kappa shape index (κ2) is 8.53. The van der Waals surface area contributed by atoms with Crippen LogP contribution >= 0.6 is 0 Å². The van der Waals surface area contributed by atoms with Crippen molar-refractivity contribution in [3.63, 3.8) is 0 Å². The van der Waals surface area contributed by atoms with E-state index in [1.807, 2.05) is 24.3 Å². The highest BCUT2D eigenvalue weighted by Crippen LogP contribution is 2.28. The summed E-state index contributed by atoms with van der Waals surface area (Å²) in [5, 5.41) is 14.8. The molecule has 0 saturated heterocycles. The quantitative estimate of drug-likeness (QED) is 0.441. The fourth-order valence-corrected chi connectivity index (χ4v) is 3.16. The van der Waals surface area contributed by atoms with Crippen LogP contribution in [0.2, 0.25) is 0 Å². The van der Waals surface area contributed by atoms with E-state index in [4.69, 9.17) is 31.8 Å². The zero-order chi connectivity index (χ0) is 19.2. The molecule has 27 heavy (non-hydrogen) atoms. The lowest BCUT2D eigenvalue weighted by Crippen LogP contribution is -2.27. The maximum Gasteiger partial charge on any atom is 0.141 e. The summed E-state index contributed by atoms with van der Waals surface area (Å²) in [4.78, 5) is 4.10. The summed E-state index contributed by atoms with van der Waals surface area (Å²) in [6, 6.07) is 10.8. The summed E-state index contributed by atoms with van der Waals surface area (Å²) in [5.74, 6) is 2.03. The lowest BCUT2D eigenvalue weighted by Gasteiger charge is -2.29. The van der Waals surface area contributed by atoms with Crippen LogP contribution in [0.3, 0.4) is 0 Å². The SMILES string of the molecule is N=C(N)c1ccc(OC2CCC(COc3ccc(C(=N)N)nc3)CC2)cc1. The zero-order valence-electron chi connectivity index (χ0n) is 15.2. The van der Waals surface area contributed by atoms with Crippen molar-refractivity contribution in [2.75, 3.05) is 6.61 Å². The van der Waals surface area contributed by atoms with E-state index < -0.39 is 0 Å². The Labute approximate surface area is 158 Å². The third-order valence-corrected chi connectivity index (χ3v) is 4.76. The second-order valence-corrected chi connectivity index (χ2v) is 6.80. The molecule has 1 heterocycles. The highest BCUT2D eigenvalue weighted by molar-refractivity contribution is 5.95. The molecule has 0 amide bonds. The van der Waals surface area contributed by atoms with Gasteiger partial charge in [0.15, 0.2) is 0 Å². The molecule has 2 aromatic rings. The molecule has 1 aromatic carbocycles. The zero-order valence-corrected chi connectivity index (χ0v) is 15.2. The first kappa shape index (κ1) is 18.7. The number of pyridine rings is 1. The number of hydrogen-bond acceptors (Lipinski definition) is 5. The standard InChI is InChI=1S/C20H25N5O2/c21-19(22)14-3-7-16(8-4-14)27-15-5-1-13(2-6-15)12-26-17-9-10-18(20(23)24)25-11-17/h3-4,7-11,13,15H,1-2,5-6,12H2,(H3,21,22)(H3,23,24). The van der Waals surface area contributed by atoms with Gasteiger partial charge in [-0.15, -0.1) is 0 Å². The lowest BCUT2D eigenvalue weighted by atomic mass is 9.88. The number of nitrogens with one attached hydrogen (secondary N) is 2. The monoisotopic (exact) mass is 367 g/mol. The smallest absolute Gasteiger partial charge is 0.141 e. The van der Waals surface area contributed by atoms with Gasteiger partial charge in [0.1, 0.15) is 28.9 Å². The van der Waals surface area contributed by atoms with Gasteiger partial charge >= 0.3 is 0 Å². The first-order chi connectivity index (χ1) is 13.0. The number of nitrogens with zero attached hydrogens (tertiary/aromatic N) is 1. The average Bonchev–Trinajstić information content (AvgIpc) is 2.68. The lowest BCUT2D eigenvalue weighted by molar-refractivity contribution is 0.110. The molecule has 0 aliphatic heterocycles. The van der Waals surface area contributed by atoms with Crippen molar-refractivity contribution < 1.29 is 9.47 Å². The molecule has 3 rings (SSSR count). The Balaban J connectivity index is 1.42. The molecule has 0 radical (unpaired) electrons. The number of nitrogen functional groups attached to an aromatic ring is 2. The van der Waals surface area contributed by atoms with Gasteiger partial charge in [0, 0.05) is 5.56 Å². The van der Waals surface area contributed by atoms with Gasteiger partial charge in [-0.1, -0.05) is 0 Å². The molecule has 7 heteroatoms. The van der Waals surface area contributed by atoms with E-state index in [2.05, 4.69) is 4.98 Å². The van der Waals surface area contributed by atoms with Gasteiger partial charge in [-0.3, -0.25) is 10.8 Å². The van der Waals surface area contributed by atoms with E-state index in [-0.39, 0.29) is 17.8 Å². The van der Waals surface area contributed by atoms with Crippen LogP contribution in [0, 0.1) is 16.7 Å². The van der Waals surface area contributed by atoms with Crippen LogP contribution in [-0.4, -0.2) is 29.4 Å². The molecular weight excluding hydrogens is 342 g/mol. The van der Waals surface area contributed by atoms with E-state index >= 15 is 0 Å². The predicted octanol–water partition coefficient (Wildman–Crippen LogP) is 2.67. The van der Waals surface area contributed by atoms with E-state index in [0.29, 0.717) is 29.5 Å². The summed E-state index contributed by atoms with van der Waals surface area (Å²) in [7, 11) is 0. The minimum atomic E-state index is -0.0456. The molecule has 1 aliphatic rings. The van der Waals surface area contributed by atoms with E-state index in [1.165, 1.54) is 0 Å². The van der Waals surface area contributed by atoms with Crippen molar-refractivity contribution in [3.8, 4) is 11.5 Å². The number of ether oxygens (including phenoxy) is 2. The van der Waals surface area contributed by atoms with Gasteiger partial charge in [-0.25, -0.2) is 4.98 Å². The van der Waals surface area contributed by atoms with Crippen molar-refractivity contribution >= 4 is 11.7 Å². The van der Waals surface area contributed by atoms with E-state index in [9.17, 15) is 0 Å². The largest absolute Gasteiger partial charge is 0.492 e. The van der Waals surface area contributed by atoms with Crippen LogP contribution < -0.4 is 20.9 Å².